The summed E-state index contributed by atoms with van der Waals surface area (Å²) in [6.45, 7) is 2.21. The van der Waals surface area contributed by atoms with E-state index in [2.05, 4.69) is 6.92 Å². The van der Waals surface area contributed by atoms with Crippen molar-refractivity contribution in [1.29, 1.82) is 0 Å². The van der Waals surface area contributed by atoms with Gasteiger partial charge >= 0.3 is 5.51 Å². The molecule has 0 atom stereocenters. The predicted octanol–water partition coefficient (Wildman–Crippen LogP) is 7.14. The van der Waals surface area contributed by atoms with Gasteiger partial charge in [-0.1, -0.05) is 32.6 Å². The summed E-state index contributed by atoms with van der Waals surface area (Å²) in [6.07, 6.45) is 10.8. The van der Waals surface area contributed by atoms with Crippen LogP contribution in [0.5, 0.6) is 0 Å². The Morgan fingerprint density at radius 1 is 0.867 bits per heavy atom. The topological polar surface area (TPSA) is 34.1 Å². The van der Waals surface area contributed by atoms with Gasteiger partial charge in [-0.05, 0) is 79.9 Å². The molecule has 2 aliphatic rings. The van der Waals surface area contributed by atoms with Crippen LogP contribution >= 0.6 is 0 Å². The van der Waals surface area contributed by atoms with Crippen LogP contribution in [0, 0.1) is 29.4 Å². The lowest BCUT2D eigenvalue weighted by Gasteiger charge is -2.38. The Morgan fingerprint density at radius 3 is 1.77 bits per heavy atom. The van der Waals surface area contributed by atoms with Crippen molar-refractivity contribution in [1.82, 2.24) is 0 Å². The summed E-state index contributed by atoms with van der Waals surface area (Å²) >= 11 is 0. The molecule has 170 valence electrons. The molecule has 2 nitrogen and oxygen atoms in total. The van der Waals surface area contributed by atoms with Crippen LogP contribution in [0.15, 0.2) is 17.0 Å². The second-order valence-corrected chi connectivity index (χ2v) is 10.8. The Morgan fingerprint density at radius 2 is 1.33 bits per heavy atom. The molecule has 30 heavy (non-hydrogen) atoms. The summed E-state index contributed by atoms with van der Waals surface area (Å²) in [7, 11) is -6.07. The highest BCUT2D eigenvalue weighted by Gasteiger charge is 2.50. The highest BCUT2D eigenvalue weighted by molar-refractivity contribution is 7.92. The van der Waals surface area contributed by atoms with Crippen molar-refractivity contribution in [3.8, 4) is 0 Å². The van der Waals surface area contributed by atoms with Gasteiger partial charge in [0.2, 0.25) is 0 Å². The largest absolute Gasteiger partial charge is 0.502 e. The van der Waals surface area contributed by atoms with Crippen molar-refractivity contribution in [3.05, 3.63) is 29.3 Å². The molecule has 0 spiro atoms. The van der Waals surface area contributed by atoms with Crippen molar-refractivity contribution < 1.29 is 30.4 Å². The fourth-order valence-electron chi connectivity index (χ4n) is 5.47. The third-order valence-corrected chi connectivity index (χ3v) is 8.63. The average molecular weight is 453 g/mol. The fraction of sp³-hybridized carbons (Fsp3) is 0.727. The summed E-state index contributed by atoms with van der Waals surface area (Å²) in [4.78, 5) is -1.91. The third-order valence-electron chi connectivity index (χ3n) is 7.09. The summed E-state index contributed by atoms with van der Waals surface area (Å²) in [5, 5.41) is 0. The van der Waals surface area contributed by atoms with E-state index in [4.69, 9.17) is 0 Å². The molecule has 0 aliphatic heterocycles. The van der Waals surface area contributed by atoms with Crippen molar-refractivity contribution >= 4 is 9.84 Å². The lowest BCUT2D eigenvalue weighted by molar-refractivity contribution is -0.0439. The maximum atomic E-state index is 14.2. The van der Waals surface area contributed by atoms with Gasteiger partial charge in [0.1, 0.15) is 16.5 Å². The minimum absolute atomic E-state index is 0.163. The number of halogens is 5. The van der Waals surface area contributed by atoms with Gasteiger partial charge in [-0.15, -0.1) is 0 Å². The van der Waals surface area contributed by atoms with Gasteiger partial charge in [0.05, 0.1) is 0 Å². The first-order valence-corrected chi connectivity index (χ1v) is 12.3. The van der Waals surface area contributed by atoms with Crippen LogP contribution in [-0.4, -0.2) is 13.9 Å². The summed E-state index contributed by atoms with van der Waals surface area (Å²) in [6, 6.07) is 1.53. The molecule has 0 saturated heterocycles. The van der Waals surface area contributed by atoms with Gasteiger partial charge < -0.3 is 0 Å². The van der Waals surface area contributed by atoms with E-state index in [0.717, 1.165) is 30.9 Å². The lowest BCUT2D eigenvalue weighted by Crippen LogP contribution is -2.26. The molecule has 3 rings (SSSR count). The normalized spacial score (nSPS) is 28.5. The first kappa shape index (κ1) is 23.5. The number of benzene rings is 1. The minimum atomic E-state index is -6.07. The molecule has 0 bridgehead atoms. The zero-order chi connectivity index (χ0) is 22.1. The smallest absolute Gasteiger partial charge is 0.214 e. The minimum Gasteiger partial charge on any atom is -0.214 e. The monoisotopic (exact) mass is 452 g/mol. The van der Waals surface area contributed by atoms with Gasteiger partial charge in [0, 0.05) is 0 Å². The lowest BCUT2D eigenvalue weighted by atomic mass is 9.68. The van der Waals surface area contributed by atoms with Crippen molar-refractivity contribution in [3.63, 3.8) is 0 Å². The molecule has 1 aromatic carbocycles. The molecule has 0 heterocycles. The van der Waals surface area contributed by atoms with Crippen LogP contribution in [0.3, 0.4) is 0 Å². The van der Waals surface area contributed by atoms with Crippen LogP contribution in [0.2, 0.25) is 0 Å². The highest BCUT2D eigenvalue weighted by atomic mass is 32.2. The van der Waals surface area contributed by atoms with Gasteiger partial charge in [-0.3, -0.25) is 0 Å². The number of rotatable bonds is 5. The van der Waals surface area contributed by atoms with E-state index in [1.165, 1.54) is 38.5 Å². The molecule has 0 N–H and O–H groups in total. The van der Waals surface area contributed by atoms with E-state index in [1.54, 1.807) is 0 Å². The second-order valence-electron chi connectivity index (χ2n) is 8.94. The molecule has 0 radical (unpaired) electrons. The first-order valence-electron chi connectivity index (χ1n) is 10.8. The van der Waals surface area contributed by atoms with Crippen LogP contribution in [0.4, 0.5) is 22.0 Å². The number of hydrogen-bond donors (Lipinski definition) is 0. The van der Waals surface area contributed by atoms with Crippen molar-refractivity contribution in [2.75, 3.05) is 0 Å². The van der Waals surface area contributed by atoms with Crippen molar-refractivity contribution in [2.45, 2.75) is 87.5 Å². The Hall–Kier alpha value is -1.18. The van der Waals surface area contributed by atoms with E-state index >= 15 is 0 Å². The van der Waals surface area contributed by atoms with E-state index in [0.29, 0.717) is 24.7 Å². The van der Waals surface area contributed by atoms with E-state index in [9.17, 15) is 30.4 Å². The predicted molar refractivity (Wildman–Crippen MR) is 105 cm³/mol. The number of sulfone groups is 1. The second kappa shape index (κ2) is 9.13. The van der Waals surface area contributed by atoms with E-state index < -0.39 is 31.9 Å². The maximum absolute atomic E-state index is 14.2. The maximum Gasteiger partial charge on any atom is 0.502 e. The fourth-order valence-corrected chi connectivity index (χ4v) is 6.33. The molecule has 0 unspecified atom stereocenters. The number of hydrogen-bond acceptors (Lipinski definition) is 2. The van der Waals surface area contributed by atoms with Gasteiger partial charge in [0.25, 0.3) is 9.84 Å². The SMILES string of the molecule is CCCC1CCC(C2CCC(c3cc(F)c(S(=O)(=O)C(F)(F)F)c(F)c3)CC2)CC1. The Labute approximate surface area is 175 Å². The quantitative estimate of drug-likeness (QED) is 0.445. The molecule has 2 saturated carbocycles. The van der Waals surface area contributed by atoms with Gasteiger partial charge in [-0.2, -0.15) is 13.2 Å². The molecular formula is C22H29F5O2S. The average Bonchev–Trinajstić information content (AvgIpc) is 2.67. The van der Waals surface area contributed by atoms with E-state index in [1.807, 2.05) is 0 Å². The molecule has 0 aromatic heterocycles. The molecule has 2 aliphatic carbocycles. The molecule has 8 heteroatoms. The third kappa shape index (κ3) is 4.83. The highest BCUT2D eigenvalue weighted by Crippen LogP contribution is 2.45. The summed E-state index contributed by atoms with van der Waals surface area (Å²) in [5.41, 5.74) is -5.50. The van der Waals surface area contributed by atoms with Crippen LogP contribution in [0.25, 0.3) is 0 Å². The van der Waals surface area contributed by atoms with Crippen molar-refractivity contribution in [2.24, 2.45) is 17.8 Å². The zero-order valence-electron chi connectivity index (χ0n) is 17.1. The summed E-state index contributed by atoms with van der Waals surface area (Å²) < 4.78 is 89.5. The zero-order valence-corrected chi connectivity index (χ0v) is 18.0. The molecule has 2 fully saturated rings. The van der Waals surface area contributed by atoms with E-state index in [-0.39, 0.29) is 11.5 Å². The molecule has 0 amide bonds. The summed E-state index contributed by atoms with van der Waals surface area (Å²) in [5.74, 6) is -1.39. The van der Waals surface area contributed by atoms with Crippen LogP contribution in [-0.2, 0) is 9.84 Å². The Bertz CT molecular complexity index is 811. The molecular weight excluding hydrogens is 423 g/mol. The standard InChI is InChI=1S/C22H29F5O2S/c1-2-3-14-4-6-15(7-5-14)16-8-10-17(11-9-16)18-12-19(23)21(20(24)13-18)30(28,29)22(25,26)27/h12-17H,2-11H2,1H3. The van der Waals surface area contributed by atoms with Crippen LogP contribution < -0.4 is 0 Å². The Balaban J connectivity index is 1.65. The first-order chi connectivity index (χ1) is 14.0. The van der Waals surface area contributed by atoms with Gasteiger partial charge in [-0.25, -0.2) is 17.2 Å². The van der Waals surface area contributed by atoms with Crippen LogP contribution in [0.1, 0.15) is 82.6 Å². The molecule has 1 aromatic rings. The van der Waals surface area contributed by atoms with Gasteiger partial charge in [0.15, 0.2) is 0 Å². The number of alkyl halides is 3. The Kier molecular flexibility index (Phi) is 7.15.